The SMILES string of the molecule is O=C(c1ccc2c(c1)CCO2)N1CCC[C@@H]1c1ccsc1. The molecule has 21 heavy (non-hydrogen) atoms. The number of ether oxygens (including phenoxy) is 1. The maximum atomic E-state index is 12.8. The van der Waals surface area contributed by atoms with E-state index in [4.69, 9.17) is 4.74 Å². The average molecular weight is 299 g/mol. The number of fused-ring (bicyclic) bond motifs is 1. The van der Waals surface area contributed by atoms with Crippen LogP contribution in [0.5, 0.6) is 5.75 Å². The normalized spacial score (nSPS) is 20.4. The minimum absolute atomic E-state index is 0.151. The summed E-state index contributed by atoms with van der Waals surface area (Å²) < 4.78 is 5.52. The molecular formula is C17H17NO2S. The van der Waals surface area contributed by atoms with Gasteiger partial charge in [0.1, 0.15) is 5.75 Å². The van der Waals surface area contributed by atoms with Crippen molar-refractivity contribution in [3.05, 3.63) is 51.7 Å². The van der Waals surface area contributed by atoms with Gasteiger partial charge in [0.2, 0.25) is 0 Å². The van der Waals surface area contributed by atoms with Gasteiger partial charge in [-0.3, -0.25) is 4.79 Å². The first-order valence-corrected chi connectivity index (χ1v) is 8.36. The lowest BCUT2D eigenvalue weighted by Crippen LogP contribution is -2.30. The summed E-state index contributed by atoms with van der Waals surface area (Å²) in [7, 11) is 0. The van der Waals surface area contributed by atoms with Gasteiger partial charge in [-0.25, -0.2) is 0 Å². The molecule has 108 valence electrons. The van der Waals surface area contributed by atoms with Gasteiger partial charge < -0.3 is 9.64 Å². The predicted molar refractivity (Wildman–Crippen MR) is 83.0 cm³/mol. The fraction of sp³-hybridized carbons (Fsp3) is 0.353. The highest BCUT2D eigenvalue weighted by Gasteiger charge is 2.31. The van der Waals surface area contributed by atoms with Crippen LogP contribution in [0.1, 0.15) is 40.4 Å². The van der Waals surface area contributed by atoms with Gasteiger partial charge in [0, 0.05) is 18.5 Å². The van der Waals surface area contributed by atoms with Crippen molar-refractivity contribution >= 4 is 17.2 Å². The van der Waals surface area contributed by atoms with Crippen LogP contribution in [0.2, 0.25) is 0 Å². The molecular weight excluding hydrogens is 282 g/mol. The fourth-order valence-corrected chi connectivity index (χ4v) is 4.01. The predicted octanol–water partition coefficient (Wildman–Crippen LogP) is 3.66. The van der Waals surface area contributed by atoms with Crippen molar-refractivity contribution in [2.75, 3.05) is 13.2 Å². The van der Waals surface area contributed by atoms with E-state index in [0.717, 1.165) is 49.3 Å². The Balaban J connectivity index is 1.62. The van der Waals surface area contributed by atoms with E-state index in [0.29, 0.717) is 0 Å². The Labute approximate surface area is 128 Å². The first-order valence-electron chi connectivity index (χ1n) is 7.42. The number of hydrogen-bond donors (Lipinski definition) is 0. The van der Waals surface area contributed by atoms with Gasteiger partial charge in [0.25, 0.3) is 5.91 Å². The largest absolute Gasteiger partial charge is 0.493 e. The molecule has 0 saturated carbocycles. The molecule has 1 aromatic carbocycles. The molecule has 1 amide bonds. The van der Waals surface area contributed by atoms with Gasteiger partial charge in [0.15, 0.2) is 0 Å². The van der Waals surface area contributed by atoms with Crippen LogP contribution in [0.25, 0.3) is 0 Å². The molecule has 1 fully saturated rings. The molecule has 3 nitrogen and oxygen atoms in total. The highest BCUT2D eigenvalue weighted by Crippen LogP contribution is 2.35. The highest BCUT2D eigenvalue weighted by molar-refractivity contribution is 7.07. The molecule has 2 aliphatic heterocycles. The Morgan fingerprint density at radius 3 is 3.14 bits per heavy atom. The number of carbonyl (C=O) groups excluding carboxylic acids is 1. The van der Waals surface area contributed by atoms with Crippen molar-refractivity contribution in [2.45, 2.75) is 25.3 Å². The van der Waals surface area contributed by atoms with E-state index in [9.17, 15) is 4.79 Å². The molecule has 3 heterocycles. The fourth-order valence-electron chi connectivity index (χ4n) is 3.31. The first-order chi connectivity index (χ1) is 10.3. The lowest BCUT2D eigenvalue weighted by atomic mass is 10.1. The van der Waals surface area contributed by atoms with E-state index >= 15 is 0 Å². The summed E-state index contributed by atoms with van der Waals surface area (Å²) in [6.45, 7) is 1.58. The minimum Gasteiger partial charge on any atom is -0.493 e. The average Bonchev–Trinajstić information content (AvgIpc) is 3.24. The molecule has 2 aromatic rings. The van der Waals surface area contributed by atoms with Gasteiger partial charge in [-0.15, -0.1) is 0 Å². The molecule has 2 aliphatic rings. The molecule has 4 heteroatoms. The molecule has 0 N–H and O–H groups in total. The van der Waals surface area contributed by atoms with Crippen LogP contribution in [0.3, 0.4) is 0 Å². The van der Waals surface area contributed by atoms with Crippen LogP contribution in [0, 0.1) is 0 Å². The Kier molecular flexibility index (Phi) is 3.19. The number of thiophene rings is 1. The number of rotatable bonds is 2. The van der Waals surface area contributed by atoms with E-state index < -0.39 is 0 Å². The number of benzene rings is 1. The van der Waals surface area contributed by atoms with Crippen molar-refractivity contribution in [3.63, 3.8) is 0 Å². The molecule has 1 aromatic heterocycles. The standard InChI is InChI=1S/C17H17NO2S/c19-17(13-3-4-16-12(10-13)5-8-20-16)18-7-1-2-15(18)14-6-9-21-11-14/h3-4,6,9-11,15H,1-2,5,7-8H2/t15-/m1/s1. The first kappa shape index (κ1) is 12.9. The molecule has 0 aliphatic carbocycles. The van der Waals surface area contributed by atoms with Crippen molar-refractivity contribution in [1.29, 1.82) is 0 Å². The number of carbonyl (C=O) groups is 1. The second-order valence-electron chi connectivity index (χ2n) is 5.63. The lowest BCUT2D eigenvalue weighted by Gasteiger charge is -2.24. The Morgan fingerprint density at radius 2 is 2.29 bits per heavy atom. The topological polar surface area (TPSA) is 29.5 Å². The zero-order valence-corrected chi connectivity index (χ0v) is 12.6. The van der Waals surface area contributed by atoms with Crippen molar-refractivity contribution < 1.29 is 9.53 Å². The number of nitrogens with zero attached hydrogens (tertiary/aromatic N) is 1. The van der Waals surface area contributed by atoms with Gasteiger partial charge in [-0.1, -0.05) is 0 Å². The van der Waals surface area contributed by atoms with Crippen LogP contribution in [0.15, 0.2) is 35.0 Å². The van der Waals surface area contributed by atoms with Crippen LogP contribution in [0.4, 0.5) is 0 Å². The summed E-state index contributed by atoms with van der Waals surface area (Å²) >= 11 is 1.70. The van der Waals surface area contributed by atoms with Crippen molar-refractivity contribution in [2.24, 2.45) is 0 Å². The zero-order valence-electron chi connectivity index (χ0n) is 11.7. The summed E-state index contributed by atoms with van der Waals surface area (Å²) in [5.74, 6) is 1.08. The smallest absolute Gasteiger partial charge is 0.254 e. The van der Waals surface area contributed by atoms with Gasteiger partial charge in [-0.2, -0.15) is 11.3 Å². The van der Waals surface area contributed by atoms with E-state index in [-0.39, 0.29) is 11.9 Å². The molecule has 1 atom stereocenters. The summed E-state index contributed by atoms with van der Waals surface area (Å²) in [4.78, 5) is 14.9. The highest BCUT2D eigenvalue weighted by atomic mass is 32.1. The molecule has 0 unspecified atom stereocenters. The Morgan fingerprint density at radius 1 is 1.33 bits per heavy atom. The zero-order chi connectivity index (χ0) is 14.2. The van der Waals surface area contributed by atoms with Gasteiger partial charge in [0.05, 0.1) is 12.6 Å². The Bertz CT molecular complexity index is 665. The minimum atomic E-state index is 0.151. The van der Waals surface area contributed by atoms with Crippen LogP contribution in [-0.2, 0) is 6.42 Å². The maximum absolute atomic E-state index is 12.8. The van der Waals surface area contributed by atoms with E-state index in [1.54, 1.807) is 11.3 Å². The van der Waals surface area contributed by atoms with E-state index in [1.165, 1.54) is 5.56 Å². The van der Waals surface area contributed by atoms with Gasteiger partial charge in [-0.05, 0) is 59.0 Å². The molecule has 1 saturated heterocycles. The molecule has 0 spiro atoms. The second-order valence-corrected chi connectivity index (χ2v) is 6.41. The van der Waals surface area contributed by atoms with Crippen LogP contribution < -0.4 is 4.74 Å². The van der Waals surface area contributed by atoms with Crippen molar-refractivity contribution in [1.82, 2.24) is 4.90 Å². The number of hydrogen-bond acceptors (Lipinski definition) is 3. The quantitative estimate of drug-likeness (QED) is 0.847. The molecule has 0 radical (unpaired) electrons. The molecule has 4 rings (SSSR count). The summed E-state index contributed by atoms with van der Waals surface area (Å²) in [6.07, 6.45) is 3.06. The number of likely N-dealkylation sites (tertiary alicyclic amines) is 1. The third-order valence-electron chi connectivity index (χ3n) is 4.38. The second kappa shape index (κ2) is 5.19. The summed E-state index contributed by atoms with van der Waals surface area (Å²) in [6, 6.07) is 8.22. The third kappa shape index (κ3) is 2.23. The van der Waals surface area contributed by atoms with Crippen LogP contribution >= 0.6 is 11.3 Å². The molecule has 0 bridgehead atoms. The van der Waals surface area contributed by atoms with Crippen molar-refractivity contribution in [3.8, 4) is 5.75 Å². The maximum Gasteiger partial charge on any atom is 0.254 e. The van der Waals surface area contributed by atoms with Gasteiger partial charge >= 0.3 is 0 Å². The number of amides is 1. The van der Waals surface area contributed by atoms with E-state index in [1.807, 2.05) is 23.1 Å². The third-order valence-corrected chi connectivity index (χ3v) is 5.08. The summed E-state index contributed by atoms with van der Waals surface area (Å²) in [5, 5.41) is 4.25. The summed E-state index contributed by atoms with van der Waals surface area (Å²) in [5.41, 5.74) is 3.23. The van der Waals surface area contributed by atoms with Crippen LogP contribution in [-0.4, -0.2) is 24.0 Å². The lowest BCUT2D eigenvalue weighted by molar-refractivity contribution is 0.0736. The Hall–Kier alpha value is -1.81. The van der Waals surface area contributed by atoms with E-state index in [2.05, 4.69) is 16.8 Å². The monoisotopic (exact) mass is 299 g/mol.